The Bertz CT molecular complexity index is 431. The average Bonchev–Trinajstić information content (AvgIpc) is 2.27. The van der Waals surface area contributed by atoms with E-state index in [1.807, 2.05) is 0 Å². The SMILES string of the molecule is COCC(Br)CN(C)c1ncc(C(F)(F)F)cc1Cl. The molecule has 8 heteroatoms. The van der Waals surface area contributed by atoms with E-state index in [2.05, 4.69) is 20.9 Å². The second kappa shape index (κ2) is 6.76. The van der Waals surface area contributed by atoms with Gasteiger partial charge in [-0.15, -0.1) is 0 Å². The summed E-state index contributed by atoms with van der Waals surface area (Å²) in [6.07, 6.45) is -3.67. The Labute approximate surface area is 122 Å². The normalized spacial score (nSPS) is 13.4. The highest BCUT2D eigenvalue weighted by Gasteiger charge is 2.31. The highest BCUT2D eigenvalue weighted by Crippen LogP contribution is 2.33. The molecule has 0 aliphatic carbocycles. The average molecular weight is 362 g/mol. The van der Waals surface area contributed by atoms with E-state index in [1.54, 1.807) is 19.1 Å². The van der Waals surface area contributed by atoms with Gasteiger partial charge in [-0.1, -0.05) is 27.5 Å². The van der Waals surface area contributed by atoms with Gasteiger partial charge in [0.1, 0.15) is 5.82 Å². The van der Waals surface area contributed by atoms with Crippen molar-refractivity contribution in [2.75, 3.05) is 32.2 Å². The lowest BCUT2D eigenvalue weighted by molar-refractivity contribution is -0.137. The van der Waals surface area contributed by atoms with Crippen LogP contribution in [0.25, 0.3) is 0 Å². The zero-order valence-corrected chi connectivity index (χ0v) is 12.7. The van der Waals surface area contributed by atoms with Crippen LogP contribution in [-0.4, -0.2) is 37.1 Å². The number of aromatic nitrogens is 1. The molecule has 1 rings (SSSR count). The molecule has 0 fully saturated rings. The quantitative estimate of drug-likeness (QED) is 0.749. The predicted molar refractivity (Wildman–Crippen MR) is 72.1 cm³/mol. The Morgan fingerprint density at radius 2 is 2.16 bits per heavy atom. The van der Waals surface area contributed by atoms with Crippen LogP contribution in [0.15, 0.2) is 12.3 Å². The first-order chi connectivity index (χ1) is 8.75. The molecule has 0 aliphatic rings. The molecule has 0 spiro atoms. The molecular weight excluding hydrogens is 348 g/mol. The molecule has 0 saturated carbocycles. The van der Waals surface area contributed by atoms with Crippen LogP contribution in [0.5, 0.6) is 0 Å². The Morgan fingerprint density at radius 1 is 1.53 bits per heavy atom. The van der Waals surface area contributed by atoms with Gasteiger partial charge in [0.15, 0.2) is 0 Å². The first-order valence-corrected chi connectivity index (χ1v) is 6.62. The second-order valence-corrected chi connectivity index (χ2v) is 5.66. The van der Waals surface area contributed by atoms with Gasteiger partial charge in [0.25, 0.3) is 0 Å². The highest BCUT2D eigenvalue weighted by atomic mass is 79.9. The molecular formula is C11H13BrClF3N2O. The van der Waals surface area contributed by atoms with Crippen molar-refractivity contribution >= 4 is 33.3 Å². The number of rotatable bonds is 5. The first kappa shape index (κ1) is 16.5. The van der Waals surface area contributed by atoms with Gasteiger partial charge in [-0.05, 0) is 6.07 Å². The minimum Gasteiger partial charge on any atom is -0.383 e. The Morgan fingerprint density at radius 3 is 2.63 bits per heavy atom. The molecule has 1 atom stereocenters. The number of pyridine rings is 1. The van der Waals surface area contributed by atoms with Crippen LogP contribution >= 0.6 is 27.5 Å². The van der Waals surface area contributed by atoms with Gasteiger partial charge in [0.2, 0.25) is 0 Å². The third kappa shape index (κ3) is 4.81. The van der Waals surface area contributed by atoms with Gasteiger partial charge in [-0.2, -0.15) is 13.2 Å². The molecule has 1 unspecified atom stereocenters. The smallest absolute Gasteiger partial charge is 0.383 e. The van der Waals surface area contributed by atoms with E-state index in [4.69, 9.17) is 16.3 Å². The topological polar surface area (TPSA) is 25.4 Å². The standard InChI is InChI=1S/C11H13BrClF3N2O/c1-18(5-8(12)6-19-2)10-9(13)3-7(4-17-10)11(14,15)16/h3-4,8H,5-6H2,1-2H3. The van der Waals surface area contributed by atoms with E-state index in [9.17, 15) is 13.2 Å². The fraction of sp³-hybridized carbons (Fsp3) is 0.545. The number of hydrogen-bond acceptors (Lipinski definition) is 3. The molecule has 0 bridgehead atoms. The summed E-state index contributed by atoms with van der Waals surface area (Å²) in [4.78, 5) is 5.47. The van der Waals surface area contributed by atoms with Crippen molar-refractivity contribution in [3.8, 4) is 0 Å². The summed E-state index contributed by atoms with van der Waals surface area (Å²) in [5, 5.41) is -0.0329. The van der Waals surface area contributed by atoms with E-state index in [0.717, 1.165) is 12.3 Å². The van der Waals surface area contributed by atoms with Crippen LogP contribution < -0.4 is 4.90 Å². The van der Waals surface area contributed by atoms with E-state index in [1.165, 1.54) is 0 Å². The number of alkyl halides is 4. The summed E-state index contributed by atoms with van der Waals surface area (Å²) in [7, 11) is 3.27. The van der Waals surface area contributed by atoms with Gasteiger partial charge >= 0.3 is 6.18 Å². The number of ether oxygens (including phenoxy) is 1. The number of methoxy groups -OCH3 is 1. The Balaban J connectivity index is 2.84. The zero-order valence-electron chi connectivity index (χ0n) is 10.3. The maximum atomic E-state index is 12.5. The molecule has 19 heavy (non-hydrogen) atoms. The molecule has 0 N–H and O–H groups in total. The fourth-order valence-electron chi connectivity index (χ4n) is 1.48. The van der Waals surface area contributed by atoms with Gasteiger partial charge in [-0.25, -0.2) is 4.98 Å². The van der Waals surface area contributed by atoms with Crippen molar-refractivity contribution in [2.24, 2.45) is 0 Å². The van der Waals surface area contributed by atoms with Crippen LogP contribution in [-0.2, 0) is 10.9 Å². The lowest BCUT2D eigenvalue weighted by Crippen LogP contribution is -2.29. The second-order valence-electron chi connectivity index (χ2n) is 3.96. The van der Waals surface area contributed by atoms with Crippen molar-refractivity contribution in [1.29, 1.82) is 0 Å². The van der Waals surface area contributed by atoms with E-state index in [-0.39, 0.29) is 9.85 Å². The molecule has 0 amide bonds. The summed E-state index contributed by atoms with van der Waals surface area (Å²) < 4.78 is 42.4. The molecule has 0 saturated heterocycles. The summed E-state index contributed by atoms with van der Waals surface area (Å²) in [5.41, 5.74) is -0.859. The minimum absolute atomic E-state index is 0.0302. The van der Waals surface area contributed by atoms with Gasteiger partial charge in [0.05, 0.1) is 22.0 Å². The zero-order chi connectivity index (χ0) is 14.6. The van der Waals surface area contributed by atoms with Crippen LogP contribution in [0.3, 0.4) is 0 Å². The van der Waals surface area contributed by atoms with E-state index in [0.29, 0.717) is 19.0 Å². The maximum Gasteiger partial charge on any atom is 0.417 e. The van der Waals surface area contributed by atoms with Crippen molar-refractivity contribution < 1.29 is 17.9 Å². The van der Waals surface area contributed by atoms with Crippen LogP contribution in [0, 0.1) is 0 Å². The molecule has 3 nitrogen and oxygen atoms in total. The summed E-state index contributed by atoms with van der Waals surface area (Å²) in [6.45, 7) is 0.981. The third-order valence-electron chi connectivity index (χ3n) is 2.33. The summed E-state index contributed by atoms with van der Waals surface area (Å²) >= 11 is 9.23. The van der Waals surface area contributed by atoms with E-state index < -0.39 is 11.7 Å². The largest absolute Gasteiger partial charge is 0.417 e. The van der Waals surface area contributed by atoms with Crippen molar-refractivity contribution in [3.63, 3.8) is 0 Å². The molecule has 1 aromatic heterocycles. The van der Waals surface area contributed by atoms with Crippen LogP contribution in [0.4, 0.5) is 19.0 Å². The highest BCUT2D eigenvalue weighted by molar-refractivity contribution is 9.09. The third-order valence-corrected chi connectivity index (χ3v) is 3.16. The number of nitrogens with zero attached hydrogens (tertiary/aromatic N) is 2. The van der Waals surface area contributed by atoms with Gasteiger partial charge in [-0.3, -0.25) is 0 Å². The molecule has 0 radical (unpaired) electrons. The monoisotopic (exact) mass is 360 g/mol. The number of anilines is 1. The first-order valence-electron chi connectivity index (χ1n) is 5.32. The Kier molecular flexibility index (Phi) is 5.88. The Hall–Kier alpha value is -0.530. The molecule has 0 aromatic carbocycles. The lowest BCUT2D eigenvalue weighted by Gasteiger charge is -2.22. The van der Waals surface area contributed by atoms with Crippen LogP contribution in [0.1, 0.15) is 5.56 Å². The van der Waals surface area contributed by atoms with Crippen molar-refractivity contribution in [2.45, 2.75) is 11.0 Å². The number of hydrogen-bond donors (Lipinski definition) is 0. The summed E-state index contributed by atoms with van der Waals surface area (Å²) in [5.74, 6) is 0.301. The fourth-order valence-corrected chi connectivity index (χ4v) is 2.49. The lowest BCUT2D eigenvalue weighted by atomic mass is 10.2. The summed E-state index contributed by atoms with van der Waals surface area (Å²) in [6, 6.07) is 0.875. The van der Waals surface area contributed by atoms with Crippen LogP contribution in [0.2, 0.25) is 5.02 Å². The maximum absolute atomic E-state index is 12.5. The van der Waals surface area contributed by atoms with Gasteiger partial charge in [0, 0.05) is 26.9 Å². The molecule has 108 valence electrons. The molecule has 1 heterocycles. The molecule has 0 aliphatic heterocycles. The van der Waals surface area contributed by atoms with E-state index >= 15 is 0 Å². The predicted octanol–water partition coefficient (Wildman–Crippen LogP) is 3.60. The number of halogens is 5. The minimum atomic E-state index is -4.44. The van der Waals surface area contributed by atoms with Gasteiger partial charge < -0.3 is 9.64 Å². The molecule has 1 aromatic rings. The van der Waals surface area contributed by atoms with Crippen molar-refractivity contribution in [3.05, 3.63) is 22.8 Å². The van der Waals surface area contributed by atoms with Crippen molar-refractivity contribution in [1.82, 2.24) is 4.98 Å².